The Kier molecular flexibility index (Phi) is 5.77. The molecule has 3 aromatic carbocycles. The van der Waals surface area contributed by atoms with Crippen LogP contribution in [0.5, 0.6) is 17.2 Å². The van der Waals surface area contributed by atoms with Crippen LogP contribution in [0, 0.1) is 5.92 Å². The normalized spacial score (nSPS) is 11.1. The number of phenolic OH excluding ortho intramolecular Hbond substituents is 1. The van der Waals surface area contributed by atoms with Gasteiger partial charge in [-0.25, -0.2) is 4.98 Å². The van der Waals surface area contributed by atoms with Crippen molar-refractivity contribution in [3.63, 3.8) is 0 Å². The first-order valence-corrected chi connectivity index (χ1v) is 10.3. The van der Waals surface area contributed by atoms with Crippen LogP contribution in [-0.4, -0.2) is 14.7 Å². The molecule has 152 valence electrons. The summed E-state index contributed by atoms with van der Waals surface area (Å²) in [5.41, 5.74) is 2.47. The van der Waals surface area contributed by atoms with E-state index in [0.717, 1.165) is 40.7 Å². The lowest BCUT2D eigenvalue weighted by Gasteiger charge is -2.11. The van der Waals surface area contributed by atoms with Gasteiger partial charge in [0.2, 0.25) is 0 Å². The zero-order valence-electron chi connectivity index (χ0n) is 16.9. The molecule has 0 fully saturated rings. The summed E-state index contributed by atoms with van der Waals surface area (Å²) in [5.74, 6) is 3.11. The van der Waals surface area contributed by atoms with E-state index in [1.54, 1.807) is 18.2 Å². The van der Waals surface area contributed by atoms with E-state index in [1.165, 1.54) is 0 Å². The average molecular weight is 419 g/mol. The van der Waals surface area contributed by atoms with Crippen LogP contribution < -0.4 is 4.74 Å². The Morgan fingerprint density at radius 2 is 1.57 bits per heavy atom. The summed E-state index contributed by atoms with van der Waals surface area (Å²) in [7, 11) is 0. The lowest BCUT2D eigenvalue weighted by atomic mass is 10.1. The summed E-state index contributed by atoms with van der Waals surface area (Å²) in [6.45, 7) is 4.34. The van der Waals surface area contributed by atoms with Crippen LogP contribution >= 0.6 is 11.6 Å². The van der Waals surface area contributed by atoms with E-state index >= 15 is 0 Å². The minimum absolute atomic E-state index is 0.227. The fraction of sp³-hybridized carbons (Fsp3) is 0.160. The maximum Gasteiger partial charge on any atom is 0.127 e. The van der Waals surface area contributed by atoms with E-state index in [1.807, 2.05) is 60.8 Å². The number of aromatic hydroxyl groups is 1. The molecule has 0 amide bonds. The van der Waals surface area contributed by atoms with Crippen molar-refractivity contribution in [3.05, 3.63) is 89.8 Å². The third-order valence-electron chi connectivity index (χ3n) is 4.71. The predicted octanol–water partition coefficient (Wildman–Crippen LogP) is 6.89. The molecule has 1 N–H and O–H groups in total. The number of aromatic nitrogens is 2. The van der Waals surface area contributed by atoms with Crippen LogP contribution in [0.2, 0.25) is 5.02 Å². The highest BCUT2D eigenvalue weighted by molar-refractivity contribution is 6.30. The highest BCUT2D eigenvalue weighted by Gasteiger charge is 2.14. The third-order valence-corrected chi connectivity index (χ3v) is 4.97. The number of phenols is 1. The number of hydrogen-bond acceptors (Lipinski definition) is 3. The molecule has 4 aromatic rings. The van der Waals surface area contributed by atoms with Gasteiger partial charge in [-0.3, -0.25) is 0 Å². The second-order valence-electron chi connectivity index (χ2n) is 7.58. The number of halogens is 1. The molecule has 1 heterocycles. The van der Waals surface area contributed by atoms with Crippen molar-refractivity contribution in [2.45, 2.75) is 20.3 Å². The molecule has 0 atom stereocenters. The van der Waals surface area contributed by atoms with Crippen molar-refractivity contribution in [2.24, 2.45) is 5.92 Å². The predicted molar refractivity (Wildman–Crippen MR) is 121 cm³/mol. The van der Waals surface area contributed by atoms with Crippen molar-refractivity contribution in [3.8, 4) is 34.2 Å². The number of benzene rings is 3. The summed E-state index contributed by atoms with van der Waals surface area (Å²) in [6.07, 6.45) is 2.80. The highest BCUT2D eigenvalue weighted by Crippen LogP contribution is 2.30. The van der Waals surface area contributed by atoms with Crippen LogP contribution in [-0.2, 0) is 6.42 Å². The van der Waals surface area contributed by atoms with E-state index in [-0.39, 0.29) is 5.75 Å². The molecule has 5 heteroatoms. The molecule has 0 bridgehead atoms. The molecule has 0 spiro atoms. The van der Waals surface area contributed by atoms with Gasteiger partial charge in [0.05, 0.1) is 5.69 Å². The van der Waals surface area contributed by atoms with Crippen molar-refractivity contribution in [2.75, 3.05) is 0 Å². The first-order chi connectivity index (χ1) is 14.5. The molecule has 0 unspecified atom stereocenters. The fourth-order valence-corrected chi connectivity index (χ4v) is 3.41. The van der Waals surface area contributed by atoms with E-state index in [4.69, 9.17) is 21.3 Å². The van der Waals surface area contributed by atoms with Gasteiger partial charge < -0.3 is 14.4 Å². The lowest BCUT2D eigenvalue weighted by Crippen LogP contribution is -2.04. The van der Waals surface area contributed by atoms with E-state index in [0.29, 0.717) is 10.9 Å². The Balaban J connectivity index is 1.65. The largest absolute Gasteiger partial charge is 0.507 e. The van der Waals surface area contributed by atoms with Crippen LogP contribution in [0.3, 0.4) is 0 Å². The van der Waals surface area contributed by atoms with Crippen molar-refractivity contribution < 1.29 is 9.84 Å². The number of rotatable bonds is 6. The zero-order chi connectivity index (χ0) is 21.1. The molecule has 0 aliphatic heterocycles. The summed E-state index contributed by atoms with van der Waals surface area (Å²) in [5, 5.41) is 10.9. The van der Waals surface area contributed by atoms with Crippen LogP contribution in [0.25, 0.3) is 16.9 Å². The molecule has 0 saturated carbocycles. The minimum Gasteiger partial charge on any atom is -0.507 e. The topological polar surface area (TPSA) is 47.3 Å². The SMILES string of the molecule is CC(C)Cc1nc(-c2ccccc2O)cn1-c1ccc(Oc2ccc(Cl)cc2)cc1. The fourth-order valence-electron chi connectivity index (χ4n) is 3.28. The standard InChI is InChI=1S/C25H23ClN2O2/c1-17(2)15-25-27-23(22-5-3-4-6-24(22)29)16-28(25)19-9-13-21(14-10-19)30-20-11-7-18(26)8-12-20/h3-14,16-17,29H,15H2,1-2H3. The summed E-state index contributed by atoms with van der Waals surface area (Å²) >= 11 is 5.93. The Morgan fingerprint density at radius 1 is 0.933 bits per heavy atom. The third kappa shape index (κ3) is 4.50. The summed E-state index contributed by atoms with van der Waals surface area (Å²) < 4.78 is 7.97. The van der Waals surface area contributed by atoms with Crippen LogP contribution in [0.4, 0.5) is 0 Å². The molecule has 4 nitrogen and oxygen atoms in total. The quantitative estimate of drug-likeness (QED) is 0.371. The first-order valence-electron chi connectivity index (χ1n) is 9.90. The van der Waals surface area contributed by atoms with Gasteiger partial charge in [-0.05, 0) is 66.6 Å². The smallest absolute Gasteiger partial charge is 0.127 e. The van der Waals surface area contributed by atoms with Crippen molar-refractivity contribution in [1.29, 1.82) is 0 Å². The van der Waals surface area contributed by atoms with Gasteiger partial charge in [0.15, 0.2) is 0 Å². The van der Waals surface area contributed by atoms with Gasteiger partial charge >= 0.3 is 0 Å². The Bertz CT molecular complexity index is 1130. The van der Waals surface area contributed by atoms with Gasteiger partial charge in [0.1, 0.15) is 23.1 Å². The number of nitrogens with zero attached hydrogens (tertiary/aromatic N) is 2. The molecule has 4 rings (SSSR count). The monoisotopic (exact) mass is 418 g/mol. The molecule has 0 radical (unpaired) electrons. The second-order valence-corrected chi connectivity index (χ2v) is 8.01. The molecule has 0 aliphatic carbocycles. The second kappa shape index (κ2) is 8.64. The van der Waals surface area contributed by atoms with Gasteiger partial charge in [0.25, 0.3) is 0 Å². The van der Waals surface area contributed by atoms with Crippen LogP contribution in [0.15, 0.2) is 79.0 Å². The van der Waals surface area contributed by atoms with Crippen molar-refractivity contribution in [1.82, 2.24) is 9.55 Å². The number of imidazole rings is 1. The Hall–Kier alpha value is -3.24. The molecular weight excluding hydrogens is 396 g/mol. The van der Waals surface area contributed by atoms with Gasteiger partial charge in [-0.1, -0.05) is 37.6 Å². The number of para-hydroxylation sites is 1. The van der Waals surface area contributed by atoms with Gasteiger partial charge in [-0.15, -0.1) is 0 Å². The Labute approximate surface area is 181 Å². The maximum absolute atomic E-state index is 10.2. The van der Waals surface area contributed by atoms with E-state index in [2.05, 4.69) is 18.4 Å². The minimum atomic E-state index is 0.227. The van der Waals surface area contributed by atoms with E-state index < -0.39 is 0 Å². The van der Waals surface area contributed by atoms with E-state index in [9.17, 15) is 5.11 Å². The molecule has 30 heavy (non-hydrogen) atoms. The van der Waals surface area contributed by atoms with Gasteiger partial charge in [0, 0.05) is 28.9 Å². The number of ether oxygens (including phenoxy) is 1. The van der Waals surface area contributed by atoms with Gasteiger partial charge in [-0.2, -0.15) is 0 Å². The molecule has 0 saturated heterocycles. The summed E-state index contributed by atoms with van der Waals surface area (Å²) in [4.78, 5) is 4.82. The maximum atomic E-state index is 10.2. The molecule has 1 aromatic heterocycles. The first kappa shape index (κ1) is 20.0. The highest BCUT2D eigenvalue weighted by atomic mass is 35.5. The lowest BCUT2D eigenvalue weighted by molar-refractivity contribution is 0.477. The van der Waals surface area contributed by atoms with Crippen LogP contribution in [0.1, 0.15) is 19.7 Å². The molecular formula is C25H23ClN2O2. The van der Waals surface area contributed by atoms with Crippen molar-refractivity contribution >= 4 is 11.6 Å². The number of hydrogen-bond donors (Lipinski definition) is 1. The average Bonchev–Trinajstić information content (AvgIpc) is 3.13. The zero-order valence-corrected chi connectivity index (χ0v) is 17.7. The molecule has 0 aliphatic rings. The Morgan fingerprint density at radius 3 is 2.20 bits per heavy atom. The summed E-state index contributed by atoms with van der Waals surface area (Å²) in [6, 6.07) is 22.4.